The molecule has 1 aromatic carbocycles. The summed E-state index contributed by atoms with van der Waals surface area (Å²) in [7, 11) is 1.89. The summed E-state index contributed by atoms with van der Waals surface area (Å²) in [5.74, 6) is 0.0285. The van der Waals surface area contributed by atoms with Gasteiger partial charge in [-0.1, -0.05) is 6.92 Å². The second kappa shape index (κ2) is 6.64. The molecule has 0 aliphatic rings. The monoisotopic (exact) mass is 313 g/mol. The van der Waals surface area contributed by atoms with Crippen LogP contribution in [0.25, 0.3) is 0 Å². The molecule has 5 heteroatoms. The number of amides is 1. The first kappa shape index (κ1) is 14.8. The van der Waals surface area contributed by atoms with E-state index in [9.17, 15) is 4.79 Å². The minimum atomic E-state index is 0.0285. The molecule has 0 heterocycles. The summed E-state index contributed by atoms with van der Waals surface area (Å²) in [6.07, 6.45) is 0.945. The number of hydrogen-bond donors (Lipinski definition) is 2. The van der Waals surface area contributed by atoms with Crippen LogP contribution in [0.2, 0.25) is 0 Å². The average Bonchev–Trinajstić information content (AvgIpc) is 2.31. The zero-order valence-corrected chi connectivity index (χ0v) is 12.7. The number of anilines is 2. The second-order valence-corrected chi connectivity index (χ2v) is 5.22. The van der Waals surface area contributed by atoms with E-state index in [1.165, 1.54) is 0 Å². The van der Waals surface area contributed by atoms with Crippen molar-refractivity contribution in [3.8, 4) is 0 Å². The van der Waals surface area contributed by atoms with Crippen LogP contribution in [0.15, 0.2) is 16.6 Å². The van der Waals surface area contributed by atoms with E-state index in [-0.39, 0.29) is 5.91 Å². The average molecular weight is 314 g/mol. The summed E-state index contributed by atoms with van der Waals surface area (Å²) in [6, 6.07) is 3.84. The van der Waals surface area contributed by atoms with Gasteiger partial charge in [0.05, 0.1) is 12.2 Å². The van der Waals surface area contributed by atoms with Gasteiger partial charge in [0.25, 0.3) is 0 Å². The van der Waals surface area contributed by atoms with Gasteiger partial charge in [-0.25, -0.2) is 0 Å². The highest BCUT2D eigenvalue weighted by Crippen LogP contribution is 2.29. The van der Waals surface area contributed by atoms with Crippen LogP contribution in [0, 0.1) is 6.92 Å². The zero-order valence-electron chi connectivity index (χ0n) is 11.1. The van der Waals surface area contributed by atoms with Crippen molar-refractivity contribution in [3.05, 3.63) is 22.2 Å². The molecule has 0 spiro atoms. The number of halogens is 1. The van der Waals surface area contributed by atoms with Crippen LogP contribution in [-0.4, -0.2) is 26.0 Å². The van der Waals surface area contributed by atoms with E-state index in [1.54, 1.807) is 0 Å². The van der Waals surface area contributed by atoms with Crippen molar-refractivity contribution in [2.75, 3.05) is 30.8 Å². The largest absolute Gasteiger partial charge is 0.398 e. The first-order valence-corrected chi connectivity index (χ1v) is 6.78. The lowest BCUT2D eigenvalue weighted by Crippen LogP contribution is -2.35. The number of nitrogens with zero attached hydrogens (tertiary/aromatic N) is 1. The van der Waals surface area contributed by atoms with Crippen molar-refractivity contribution in [1.82, 2.24) is 5.32 Å². The summed E-state index contributed by atoms with van der Waals surface area (Å²) in [5.41, 5.74) is 8.55. The molecule has 0 atom stereocenters. The Morgan fingerprint density at radius 2 is 2.17 bits per heavy atom. The quantitative estimate of drug-likeness (QED) is 0.820. The predicted octanol–water partition coefficient (Wildman–Crippen LogP) is 2.30. The van der Waals surface area contributed by atoms with Crippen molar-refractivity contribution in [3.63, 3.8) is 0 Å². The van der Waals surface area contributed by atoms with Gasteiger partial charge in [0.1, 0.15) is 0 Å². The lowest BCUT2D eigenvalue weighted by atomic mass is 10.1. The Bertz CT molecular complexity index is 434. The van der Waals surface area contributed by atoms with Crippen LogP contribution in [0.3, 0.4) is 0 Å². The molecule has 0 aliphatic carbocycles. The summed E-state index contributed by atoms with van der Waals surface area (Å²) < 4.78 is 0.899. The first-order chi connectivity index (χ1) is 8.45. The summed E-state index contributed by atoms with van der Waals surface area (Å²) in [5, 5.41) is 2.86. The fraction of sp³-hybridized carbons (Fsp3) is 0.462. The summed E-state index contributed by atoms with van der Waals surface area (Å²) in [4.78, 5) is 13.6. The lowest BCUT2D eigenvalue weighted by molar-refractivity contribution is -0.119. The Morgan fingerprint density at radius 1 is 1.50 bits per heavy atom. The van der Waals surface area contributed by atoms with Crippen LogP contribution in [0.1, 0.15) is 18.9 Å². The number of carbonyl (C=O) groups excluding carboxylic acids is 1. The predicted molar refractivity (Wildman–Crippen MR) is 79.9 cm³/mol. The van der Waals surface area contributed by atoms with Gasteiger partial charge in [-0.05, 0) is 47.0 Å². The number of carbonyl (C=O) groups is 1. The fourth-order valence-electron chi connectivity index (χ4n) is 1.60. The Hall–Kier alpha value is -1.23. The highest BCUT2D eigenvalue weighted by atomic mass is 79.9. The van der Waals surface area contributed by atoms with Crippen molar-refractivity contribution in [2.45, 2.75) is 20.3 Å². The third kappa shape index (κ3) is 3.91. The van der Waals surface area contributed by atoms with E-state index < -0.39 is 0 Å². The maximum Gasteiger partial charge on any atom is 0.239 e. The number of likely N-dealkylation sites (N-methyl/N-ethyl adjacent to an activating group) is 1. The van der Waals surface area contributed by atoms with Gasteiger partial charge >= 0.3 is 0 Å². The molecule has 0 bridgehead atoms. The van der Waals surface area contributed by atoms with Crippen LogP contribution < -0.4 is 16.0 Å². The number of nitrogens with two attached hydrogens (primary N) is 1. The SMILES string of the molecule is CCCNC(=O)CN(C)c1cc(C)c(N)cc1Br. The fourth-order valence-corrected chi connectivity index (χ4v) is 2.26. The van der Waals surface area contributed by atoms with Gasteiger partial charge in [-0.2, -0.15) is 0 Å². The van der Waals surface area contributed by atoms with E-state index >= 15 is 0 Å². The van der Waals surface area contributed by atoms with Crippen LogP contribution in [0.5, 0.6) is 0 Å². The number of aryl methyl sites for hydroxylation is 1. The molecule has 3 N–H and O–H groups in total. The Balaban J connectivity index is 2.75. The molecule has 18 heavy (non-hydrogen) atoms. The number of benzene rings is 1. The number of rotatable bonds is 5. The molecule has 1 aromatic rings. The molecule has 0 fully saturated rings. The zero-order chi connectivity index (χ0) is 13.7. The van der Waals surface area contributed by atoms with Gasteiger partial charge in [0.15, 0.2) is 0 Å². The van der Waals surface area contributed by atoms with Gasteiger partial charge in [-0.3, -0.25) is 4.79 Å². The van der Waals surface area contributed by atoms with Crippen LogP contribution in [0.4, 0.5) is 11.4 Å². The maximum absolute atomic E-state index is 11.7. The number of hydrogen-bond acceptors (Lipinski definition) is 3. The van der Waals surface area contributed by atoms with Crippen LogP contribution in [-0.2, 0) is 4.79 Å². The standard InChI is InChI=1S/C13H20BrN3O/c1-4-5-16-13(18)8-17(3)12-6-9(2)11(15)7-10(12)14/h6-7H,4-5,8,15H2,1-3H3,(H,16,18). The molecule has 0 aromatic heterocycles. The molecule has 0 saturated carbocycles. The normalized spacial score (nSPS) is 10.2. The molecule has 100 valence electrons. The number of nitrogen functional groups attached to an aromatic ring is 1. The molecule has 0 saturated heterocycles. The molecule has 0 aliphatic heterocycles. The molecular weight excluding hydrogens is 294 g/mol. The lowest BCUT2D eigenvalue weighted by Gasteiger charge is -2.21. The van der Waals surface area contributed by atoms with Crippen LogP contribution >= 0.6 is 15.9 Å². The smallest absolute Gasteiger partial charge is 0.239 e. The molecule has 1 amide bonds. The molecule has 1 rings (SSSR count). The Morgan fingerprint density at radius 3 is 2.78 bits per heavy atom. The van der Waals surface area contributed by atoms with E-state index in [0.717, 1.165) is 27.8 Å². The van der Waals surface area contributed by atoms with Crippen molar-refractivity contribution in [2.24, 2.45) is 0 Å². The highest BCUT2D eigenvalue weighted by Gasteiger charge is 2.11. The van der Waals surface area contributed by atoms with Gasteiger partial charge in [0, 0.05) is 23.8 Å². The van der Waals surface area contributed by atoms with Crippen molar-refractivity contribution < 1.29 is 4.79 Å². The number of nitrogens with one attached hydrogen (secondary N) is 1. The molecule has 0 unspecified atom stereocenters. The van der Waals surface area contributed by atoms with E-state index in [0.29, 0.717) is 13.1 Å². The Kier molecular flexibility index (Phi) is 5.47. The maximum atomic E-state index is 11.7. The van der Waals surface area contributed by atoms with Crippen molar-refractivity contribution in [1.29, 1.82) is 0 Å². The molecular formula is C13H20BrN3O. The molecule has 0 radical (unpaired) electrons. The van der Waals surface area contributed by atoms with Crippen molar-refractivity contribution >= 4 is 33.2 Å². The third-order valence-electron chi connectivity index (χ3n) is 2.70. The Labute approximate surface area is 117 Å². The van der Waals surface area contributed by atoms with E-state index in [2.05, 4.69) is 21.2 Å². The summed E-state index contributed by atoms with van der Waals surface area (Å²) in [6.45, 7) is 5.04. The topological polar surface area (TPSA) is 58.4 Å². The third-order valence-corrected chi connectivity index (χ3v) is 3.33. The minimum Gasteiger partial charge on any atom is -0.398 e. The van der Waals surface area contributed by atoms with E-state index in [4.69, 9.17) is 5.73 Å². The summed E-state index contributed by atoms with van der Waals surface area (Å²) >= 11 is 3.47. The van der Waals surface area contributed by atoms with Gasteiger partial charge < -0.3 is 16.0 Å². The second-order valence-electron chi connectivity index (χ2n) is 4.37. The highest BCUT2D eigenvalue weighted by molar-refractivity contribution is 9.10. The van der Waals surface area contributed by atoms with Gasteiger partial charge in [-0.15, -0.1) is 0 Å². The van der Waals surface area contributed by atoms with Gasteiger partial charge in [0.2, 0.25) is 5.91 Å². The van der Waals surface area contributed by atoms with E-state index in [1.807, 2.05) is 37.9 Å². The minimum absolute atomic E-state index is 0.0285. The molecule has 4 nitrogen and oxygen atoms in total. The first-order valence-electron chi connectivity index (χ1n) is 5.99.